The average molecular weight is 456 g/mol. The third-order valence-electron chi connectivity index (χ3n) is 4.78. The molecule has 29 heavy (non-hydrogen) atoms. The molecule has 0 aromatic heterocycles. The summed E-state index contributed by atoms with van der Waals surface area (Å²) in [5, 5.41) is 3.71. The van der Waals surface area contributed by atoms with Gasteiger partial charge in [-0.25, -0.2) is 17.9 Å². The van der Waals surface area contributed by atoms with Gasteiger partial charge in [0.15, 0.2) is 0 Å². The van der Waals surface area contributed by atoms with Gasteiger partial charge in [0.1, 0.15) is 0 Å². The molecular formula is C20H23Cl2N3O3S. The minimum atomic E-state index is -3.72. The predicted octanol–water partition coefficient (Wildman–Crippen LogP) is 4.88. The molecule has 2 aromatic carbocycles. The molecule has 156 valence electrons. The summed E-state index contributed by atoms with van der Waals surface area (Å²) in [5.41, 5.74) is 1.18. The molecule has 0 aliphatic carbocycles. The number of anilines is 1. The highest BCUT2D eigenvalue weighted by Gasteiger charge is 2.17. The molecule has 1 saturated heterocycles. The van der Waals surface area contributed by atoms with E-state index in [1.165, 1.54) is 12.1 Å². The van der Waals surface area contributed by atoms with Crippen molar-refractivity contribution >= 4 is 44.9 Å². The molecule has 0 radical (unpaired) electrons. The molecular weight excluding hydrogens is 433 g/mol. The Morgan fingerprint density at radius 2 is 1.62 bits per heavy atom. The van der Waals surface area contributed by atoms with Crippen LogP contribution in [0.3, 0.4) is 0 Å². The monoisotopic (exact) mass is 455 g/mol. The molecule has 2 N–H and O–H groups in total. The van der Waals surface area contributed by atoms with Crippen molar-refractivity contribution in [3.05, 3.63) is 58.1 Å². The number of hydrogen-bond donors (Lipinski definition) is 2. The van der Waals surface area contributed by atoms with Crippen molar-refractivity contribution in [3.63, 3.8) is 0 Å². The third-order valence-corrected chi connectivity index (χ3v) is 6.78. The second-order valence-electron chi connectivity index (χ2n) is 6.92. The Kier molecular flexibility index (Phi) is 7.40. The summed E-state index contributed by atoms with van der Waals surface area (Å²) in [6.45, 7) is 1.54. The fourth-order valence-electron chi connectivity index (χ4n) is 3.11. The number of rotatable bonds is 5. The zero-order chi connectivity index (χ0) is 20.9. The Morgan fingerprint density at radius 3 is 2.24 bits per heavy atom. The van der Waals surface area contributed by atoms with E-state index in [1.807, 2.05) is 0 Å². The van der Waals surface area contributed by atoms with Crippen LogP contribution in [0.5, 0.6) is 0 Å². The maximum atomic E-state index is 12.5. The molecule has 1 aliphatic heterocycles. The number of nitrogens with one attached hydrogen (secondary N) is 2. The quantitative estimate of drug-likeness (QED) is 0.673. The van der Waals surface area contributed by atoms with Crippen molar-refractivity contribution in [1.82, 2.24) is 9.62 Å². The molecule has 6 nitrogen and oxygen atoms in total. The summed E-state index contributed by atoms with van der Waals surface area (Å²) in [7, 11) is -3.72. The van der Waals surface area contributed by atoms with Gasteiger partial charge in [0.2, 0.25) is 10.0 Å². The van der Waals surface area contributed by atoms with Crippen LogP contribution in [0.2, 0.25) is 10.0 Å². The van der Waals surface area contributed by atoms with Crippen LogP contribution in [0, 0.1) is 0 Å². The molecule has 1 heterocycles. The standard InChI is InChI=1S/C20H23Cl2N3O3S/c21-16-6-5-15(19(22)13-16)14-23-29(27,28)18-9-7-17(8-10-18)24-20(26)25-11-3-1-2-4-12-25/h5-10,13,23H,1-4,11-12,14H2,(H,24,26). The van der Waals surface area contributed by atoms with Crippen LogP contribution < -0.4 is 10.0 Å². The SMILES string of the molecule is O=C(Nc1ccc(S(=O)(=O)NCc2ccc(Cl)cc2Cl)cc1)N1CCCCCC1. The lowest BCUT2D eigenvalue weighted by atomic mass is 10.2. The van der Waals surface area contributed by atoms with Crippen molar-refractivity contribution in [2.24, 2.45) is 0 Å². The highest BCUT2D eigenvalue weighted by atomic mass is 35.5. The summed E-state index contributed by atoms with van der Waals surface area (Å²) < 4.78 is 27.6. The first-order valence-corrected chi connectivity index (χ1v) is 11.7. The molecule has 0 unspecified atom stereocenters. The highest BCUT2D eigenvalue weighted by molar-refractivity contribution is 7.89. The molecule has 2 aromatic rings. The van der Waals surface area contributed by atoms with Gasteiger partial charge in [-0.2, -0.15) is 0 Å². The van der Waals surface area contributed by atoms with Crippen LogP contribution >= 0.6 is 23.2 Å². The van der Waals surface area contributed by atoms with Crippen LogP contribution in [0.25, 0.3) is 0 Å². The summed E-state index contributed by atoms with van der Waals surface area (Å²) in [5.74, 6) is 0. The van der Waals surface area contributed by atoms with Gasteiger partial charge in [-0.1, -0.05) is 42.1 Å². The highest BCUT2D eigenvalue weighted by Crippen LogP contribution is 2.22. The minimum absolute atomic E-state index is 0.0474. The summed E-state index contributed by atoms with van der Waals surface area (Å²) in [4.78, 5) is 14.3. The second kappa shape index (κ2) is 9.80. The largest absolute Gasteiger partial charge is 0.325 e. The first kappa shape index (κ1) is 21.9. The topological polar surface area (TPSA) is 78.5 Å². The van der Waals surface area contributed by atoms with E-state index in [1.54, 1.807) is 35.2 Å². The number of nitrogens with zero attached hydrogens (tertiary/aromatic N) is 1. The number of halogens is 2. The van der Waals surface area contributed by atoms with Crippen molar-refractivity contribution in [2.45, 2.75) is 37.1 Å². The Morgan fingerprint density at radius 1 is 0.966 bits per heavy atom. The van der Waals surface area contributed by atoms with Crippen LogP contribution in [0.15, 0.2) is 47.4 Å². The molecule has 0 atom stereocenters. The Bertz CT molecular complexity index is 957. The van der Waals surface area contributed by atoms with E-state index in [9.17, 15) is 13.2 Å². The van der Waals surface area contributed by atoms with Gasteiger partial charge in [-0.3, -0.25) is 0 Å². The molecule has 2 amide bonds. The number of hydrogen-bond acceptors (Lipinski definition) is 3. The zero-order valence-electron chi connectivity index (χ0n) is 15.8. The number of benzene rings is 2. The minimum Gasteiger partial charge on any atom is -0.325 e. The van der Waals surface area contributed by atoms with Gasteiger partial charge < -0.3 is 10.2 Å². The maximum absolute atomic E-state index is 12.5. The Labute approximate surface area is 181 Å². The van der Waals surface area contributed by atoms with E-state index in [4.69, 9.17) is 23.2 Å². The lowest BCUT2D eigenvalue weighted by Crippen LogP contribution is -2.35. The van der Waals surface area contributed by atoms with Gasteiger partial charge in [-0.05, 0) is 54.8 Å². The van der Waals surface area contributed by atoms with Crippen LogP contribution in [0.4, 0.5) is 10.5 Å². The van der Waals surface area contributed by atoms with Crippen LogP contribution in [-0.2, 0) is 16.6 Å². The number of likely N-dealkylation sites (tertiary alicyclic amines) is 1. The fourth-order valence-corrected chi connectivity index (χ4v) is 4.60. The molecule has 3 rings (SSSR count). The molecule has 1 aliphatic rings. The number of urea groups is 1. The first-order chi connectivity index (χ1) is 13.8. The fraction of sp³-hybridized carbons (Fsp3) is 0.350. The molecule has 9 heteroatoms. The van der Waals surface area contributed by atoms with E-state index in [0.29, 0.717) is 21.3 Å². The van der Waals surface area contributed by atoms with Gasteiger partial charge >= 0.3 is 6.03 Å². The smallest absolute Gasteiger partial charge is 0.321 e. The van der Waals surface area contributed by atoms with E-state index in [2.05, 4.69) is 10.0 Å². The zero-order valence-corrected chi connectivity index (χ0v) is 18.2. The lowest BCUT2D eigenvalue weighted by molar-refractivity contribution is 0.214. The Balaban J connectivity index is 1.61. The average Bonchev–Trinajstić information content (AvgIpc) is 2.97. The van der Waals surface area contributed by atoms with Crippen LogP contribution in [0.1, 0.15) is 31.2 Å². The van der Waals surface area contributed by atoms with E-state index in [0.717, 1.165) is 38.8 Å². The van der Waals surface area contributed by atoms with E-state index in [-0.39, 0.29) is 17.5 Å². The number of amides is 2. The summed E-state index contributed by atoms with van der Waals surface area (Å²) in [6, 6.07) is 10.8. The predicted molar refractivity (Wildman–Crippen MR) is 116 cm³/mol. The number of sulfonamides is 1. The van der Waals surface area contributed by atoms with E-state index < -0.39 is 10.0 Å². The van der Waals surface area contributed by atoms with Gasteiger partial charge in [-0.15, -0.1) is 0 Å². The normalized spacial score (nSPS) is 15.0. The van der Waals surface area contributed by atoms with Crippen LogP contribution in [-0.4, -0.2) is 32.4 Å². The number of carbonyl (C=O) groups excluding carboxylic acids is 1. The summed E-state index contributed by atoms with van der Waals surface area (Å²) in [6.07, 6.45) is 4.30. The lowest BCUT2D eigenvalue weighted by Gasteiger charge is -2.20. The Hall–Kier alpha value is -1.80. The third kappa shape index (κ3) is 6.09. The van der Waals surface area contributed by atoms with Gasteiger partial charge in [0, 0.05) is 35.4 Å². The summed E-state index contributed by atoms with van der Waals surface area (Å²) >= 11 is 11.9. The second-order valence-corrected chi connectivity index (χ2v) is 9.53. The number of carbonyl (C=O) groups is 1. The molecule has 0 saturated carbocycles. The first-order valence-electron chi connectivity index (χ1n) is 9.45. The van der Waals surface area contributed by atoms with Gasteiger partial charge in [0.25, 0.3) is 0 Å². The van der Waals surface area contributed by atoms with E-state index >= 15 is 0 Å². The van der Waals surface area contributed by atoms with Crippen molar-refractivity contribution in [3.8, 4) is 0 Å². The molecule has 1 fully saturated rings. The van der Waals surface area contributed by atoms with Gasteiger partial charge in [0.05, 0.1) is 4.90 Å². The van der Waals surface area contributed by atoms with Crippen molar-refractivity contribution in [2.75, 3.05) is 18.4 Å². The maximum Gasteiger partial charge on any atom is 0.321 e. The molecule has 0 bridgehead atoms. The van der Waals surface area contributed by atoms with Crippen molar-refractivity contribution < 1.29 is 13.2 Å². The van der Waals surface area contributed by atoms with Crippen molar-refractivity contribution in [1.29, 1.82) is 0 Å². The molecule has 0 spiro atoms.